The van der Waals surface area contributed by atoms with E-state index in [2.05, 4.69) is 39.5 Å². The number of hydrogen-bond acceptors (Lipinski definition) is 5. The minimum absolute atomic E-state index is 0.0656. The molecule has 0 unspecified atom stereocenters. The number of aliphatic hydroxyl groups excluding tert-OH is 1. The summed E-state index contributed by atoms with van der Waals surface area (Å²) in [6, 6.07) is 5.82. The van der Waals surface area contributed by atoms with Crippen LogP contribution in [0, 0.1) is 0 Å². The molecule has 1 aromatic carbocycles. The largest absolute Gasteiger partial charge is 0.497 e. The molecule has 0 bridgehead atoms. The zero-order chi connectivity index (χ0) is 18.6. The number of morpholine rings is 1. The minimum atomic E-state index is -0.535. The van der Waals surface area contributed by atoms with E-state index in [0.717, 1.165) is 30.2 Å². The molecule has 0 spiro atoms. The maximum Gasteiger partial charge on any atom is 0.123 e. The van der Waals surface area contributed by atoms with Gasteiger partial charge >= 0.3 is 0 Å². The third-order valence-corrected chi connectivity index (χ3v) is 4.39. The first kappa shape index (κ1) is 20.0. The predicted molar refractivity (Wildman–Crippen MR) is 99.6 cm³/mol. The summed E-state index contributed by atoms with van der Waals surface area (Å²) in [5, 5.41) is 10.4. The Hall–Kier alpha value is -1.30. The summed E-state index contributed by atoms with van der Waals surface area (Å²) in [7, 11) is 1.66. The highest BCUT2D eigenvalue weighted by atomic mass is 16.5. The quantitative estimate of drug-likeness (QED) is 0.854. The summed E-state index contributed by atoms with van der Waals surface area (Å²) in [5.41, 5.74) is 1.01. The summed E-state index contributed by atoms with van der Waals surface area (Å²) < 4.78 is 17.0. The van der Waals surface area contributed by atoms with E-state index in [0.29, 0.717) is 6.54 Å². The second-order valence-electron chi connectivity index (χ2n) is 8.05. The average molecular weight is 351 g/mol. The van der Waals surface area contributed by atoms with Gasteiger partial charge in [0.05, 0.1) is 19.3 Å². The fourth-order valence-corrected chi connectivity index (χ4v) is 3.32. The molecule has 0 aliphatic carbocycles. The zero-order valence-corrected chi connectivity index (χ0v) is 16.4. The summed E-state index contributed by atoms with van der Waals surface area (Å²) >= 11 is 0. The van der Waals surface area contributed by atoms with Gasteiger partial charge < -0.3 is 19.3 Å². The van der Waals surface area contributed by atoms with E-state index in [-0.39, 0.29) is 24.2 Å². The molecule has 2 rings (SSSR count). The zero-order valence-electron chi connectivity index (χ0n) is 16.4. The standard InChI is InChI=1S/C20H33NO4/c1-14-10-21(11-15(2)25-14)12-16(22)13-24-19-8-7-17(23-6)9-18(19)20(3,4)5/h7-9,14-16,22H,10-13H2,1-6H3/t14-,15-,16-/m1/s1. The fourth-order valence-electron chi connectivity index (χ4n) is 3.32. The Balaban J connectivity index is 1.96. The van der Waals surface area contributed by atoms with Gasteiger partial charge in [-0.2, -0.15) is 0 Å². The highest BCUT2D eigenvalue weighted by Crippen LogP contribution is 2.34. The first-order valence-electron chi connectivity index (χ1n) is 9.06. The molecule has 1 aromatic rings. The van der Waals surface area contributed by atoms with Crippen molar-refractivity contribution in [3.63, 3.8) is 0 Å². The maximum absolute atomic E-state index is 10.4. The number of hydrogen-bond donors (Lipinski definition) is 1. The van der Waals surface area contributed by atoms with Crippen LogP contribution in [-0.4, -0.2) is 61.7 Å². The van der Waals surface area contributed by atoms with Gasteiger partial charge in [0.25, 0.3) is 0 Å². The highest BCUT2D eigenvalue weighted by Gasteiger charge is 2.25. The van der Waals surface area contributed by atoms with Crippen molar-refractivity contribution < 1.29 is 19.3 Å². The summed E-state index contributed by atoms with van der Waals surface area (Å²) in [6.07, 6.45) is -0.135. The molecule has 1 aliphatic rings. The first-order chi connectivity index (χ1) is 11.7. The van der Waals surface area contributed by atoms with E-state index in [1.54, 1.807) is 7.11 Å². The Morgan fingerprint density at radius 3 is 2.44 bits per heavy atom. The number of nitrogens with zero attached hydrogens (tertiary/aromatic N) is 1. The summed E-state index contributed by atoms with van der Waals surface area (Å²) in [6.45, 7) is 13.1. The number of rotatable bonds is 6. The molecule has 1 N–H and O–H groups in total. The second-order valence-corrected chi connectivity index (χ2v) is 8.05. The van der Waals surface area contributed by atoms with Crippen LogP contribution in [0.4, 0.5) is 0 Å². The van der Waals surface area contributed by atoms with Gasteiger partial charge in [-0.05, 0) is 37.5 Å². The van der Waals surface area contributed by atoms with E-state index in [4.69, 9.17) is 14.2 Å². The Morgan fingerprint density at radius 1 is 1.24 bits per heavy atom. The van der Waals surface area contributed by atoms with Gasteiger partial charge in [0.15, 0.2) is 0 Å². The van der Waals surface area contributed by atoms with Crippen molar-refractivity contribution in [3.8, 4) is 11.5 Å². The lowest BCUT2D eigenvalue weighted by atomic mass is 9.86. The van der Waals surface area contributed by atoms with Crippen molar-refractivity contribution in [2.75, 3.05) is 33.4 Å². The highest BCUT2D eigenvalue weighted by molar-refractivity contribution is 5.44. The Morgan fingerprint density at radius 2 is 1.88 bits per heavy atom. The van der Waals surface area contributed by atoms with Crippen molar-refractivity contribution >= 4 is 0 Å². The Labute approximate surface area is 151 Å². The third-order valence-electron chi connectivity index (χ3n) is 4.39. The van der Waals surface area contributed by atoms with E-state index in [9.17, 15) is 5.11 Å². The van der Waals surface area contributed by atoms with E-state index in [1.165, 1.54) is 0 Å². The molecule has 0 aromatic heterocycles. The molecule has 1 fully saturated rings. The van der Waals surface area contributed by atoms with Crippen LogP contribution < -0.4 is 9.47 Å². The van der Waals surface area contributed by atoms with E-state index < -0.39 is 6.10 Å². The number of aliphatic hydroxyl groups is 1. The van der Waals surface area contributed by atoms with Crippen molar-refractivity contribution in [1.29, 1.82) is 0 Å². The third kappa shape index (κ3) is 5.87. The van der Waals surface area contributed by atoms with Crippen molar-refractivity contribution in [2.24, 2.45) is 0 Å². The molecule has 1 aliphatic heterocycles. The molecule has 5 heteroatoms. The molecule has 3 atom stereocenters. The lowest BCUT2D eigenvalue weighted by molar-refractivity contribution is -0.0787. The van der Waals surface area contributed by atoms with Crippen molar-refractivity contribution in [1.82, 2.24) is 4.90 Å². The van der Waals surface area contributed by atoms with Crippen molar-refractivity contribution in [2.45, 2.75) is 58.3 Å². The Bertz CT molecular complexity index is 545. The number of benzene rings is 1. The van der Waals surface area contributed by atoms with Crippen LogP contribution in [0.5, 0.6) is 11.5 Å². The van der Waals surface area contributed by atoms with E-state index in [1.807, 2.05) is 18.2 Å². The Kier molecular flexibility index (Phi) is 6.72. The lowest BCUT2D eigenvalue weighted by Gasteiger charge is -2.36. The van der Waals surface area contributed by atoms with Crippen LogP contribution in [-0.2, 0) is 10.2 Å². The van der Waals surface area contributed by atoms with Crippen LogP contribution in [0.2, 0.25) is 0 Å². The number of ether oxygens (including phenoxy) is 3. The van der Waals surface area contributed by atoms with Crippen molar-refractivity contribution in [3.05, 3.63) is 23.8 Å². The maximum atomic E-state index is 10.4. The molecule has 25 heavy (non-hydrogen) atoms. The van der Waals surface area contributed by atoms with E-state index >= 15 is 0 Å². The summed E-state index contributed by atoms with van der Waals surface area (Å²) in [5.74, 6) is 1.62. The monoisotopic (exact) mass is 351 g/mol. The van der Waals surface area contributed by atoms with Gasteiger partial charge in [-0.3, -0.25) is 4.90 Å². The number of β-amino-alcohol motifs (C(OH)–C–C–N with tert-alkyl or cyclic N) is 1. The SMILES string of the molecule is COc1ccc(OC[C@H](O)CN2C[C@@H](C)O[C@H](C)C2)c(C(C)(C)C)c1. The smallest absolute Gasteiger partial charge is 0.123 e. The second kappa shape index (κ2) is 8.39. The molecule has 0 amide bonds. The van der Waals surface area contributed by atoms with Gasteiger partial charge in [0.2, 0.25) is 0 Å². The normalized spacial score (nSPS) is 23.3. The van der Waals surface area contributed by atoms with Crippen LogP contribution >= 0.6 is 0 Å². The van der Waals surface area contributed by atoms with Crippen LogP contribution in [0.3, 0.4) is 0 Å². The predicted octanol–water partition coefficient (Wildman–Crippen LogP) is 2.84. The van der Waals surface area contributed by atoms with Crippen LogP contribution in [0.1, 0.15) is 40.2 Å². The molecular formula is C20H33NO4. The summed E-state index contributed by atoms with van der Waals surface area (Å²) in [4.78, 5) is 2.24. The number of methoxy groups -OCH3 is 1. The van der Waals surface area contributed by atoms with Crippen LogP contribution in [0.25, 0.3) is 0 Å². The molecular weight excluding hydrogens is 318 g/mol. The van der Waals surface area contributed by atoms with Gasteiger partial charge in [0.1, 0.15) is 24.2 Å². The molecule has 5 nitrogen and oxygen atoms in total. The van der Waals surface area contributed by atoms with Crippen LogP contribution in [0.15, 0.2) is 18.2 Å². The topological polar surface area (TPSA) is 51.2 Å². The van der Waals surface area contributed by atoms with Gasteiger partial charge in [-0.1, -0.05) is 20.8 Å². The fraction of sp³-hybridized carbons (Fsp3) is 0.700. The minimum Gasteiger partial charge on any atom is -0.497 e. The van der Waals surface area contributed by atoms with Gasteiger partial charge in [0, 0.05) is 25.2 Å². The van der Waals surface area contributed by atoms with Gasteiger partial charge in [-0.15, -0.1) is 0 Å². The molecule has 142 valence electrons. The molecule has 1 heterocycles. The van der Waals surface area contributed by atoms with Gasteiger partial charge in [-0.25, -0.2) is 0 Å². The average Bonchev–Trinajstić information content (AvgIpc) is 2.50. The molecule has 0 radical (unpaired) electrons. The molecule has 0 saturated carbocycles. The lowest BCUT2D eigenvalue weighted by Crippen LogP contribution is -2.48. The molecule has 1 saturated heterocycles. The first-order valence-corrected chi connectivity index (χ1v) is 9.06.